The van der Waals surface area contributed by atoms with E-state index in [9.17, 15) is 9.59 Å². The first-order valence-corrected chi connectivity index (χ1v) is 10.2. The van der Waals surface area contributed by atoms with Gasteiger partial charge in [0, 0.05) is 50.3 Å². The summed E-state index contributed by atoms with van der Waals surface area (Å²) in [6.45, 7) is 3.78. The van der Waals surface area contributed by atoms with Crippen LogP contribution >= 0.6 is 0 Å². The summed E-state index contributed by atoms with van der Waals surface area (Å²) in [6.07, 6.45) is 2.58. The maximum absolute atomic E-state index is 12.3. The number of hydrogen-bond acceptors (Lipinski definition) is 4. The van der Waals surface area contributed by atoms with Crippen LogP contribution in [0.4, 0.5) is 17.1 Å². The molecule has 1 aliphatic heterocycles. The van der Waals surface area contributed by atoms with Crippen LogP contribution in [0.3, 0.4) is 0 Å². The van der Waals surface area contributed by atoms with Gasteiger partial charge in [0.1, 0.15) is 0 Å². The summed E-state index contributed by atoms with van der Waals surface area (Å²) in [5, 5.41) is 5.54. The molecule has 1 heterocycles. The van der Waals surface area contributed by atoms with Gasteiger partial charge in [-0.05, 0) is 61.2 Å². The highest BCUT2D eigenvalue weighted by atomic mass is 16.2. The molecular formula is C23H30N4O2. The third-order valence-electron chi connectivity index (χ3n) is 5.39. The van der Waals surface area contributed by atoms with Crippen molar-refractivity contribution in [2.24, 2.45) is 0 Å². The van der Waals surface area contributed by atoms with Crippen LogP contribution in [0.1, 0.15) is 25.3 Å². The molecule has 2 aromatic carbocycles. The molecule has 1 saturated heterocycles. The van der Waals surface area contributed by atoms with Gasteiger partial charge in [-0.3, -0.25) is 9.59 Å². The number of nitrogens with one attached hydrogen (secondary N) is 2. The lowest BCUT2D eigenvalue weighted by molar-refractivity contribution is -0.136. The second kappa shape index (κ2) is 9.45. The number of aryl methyl sites for hydroxylation is 1. The van der Waals surface area contributed by atoms with Crippen molar-refractivity contribution in [3.05, 3.63) is 54.1 Å². The number of amides is 2. The Balaban J connectivity index is 1.46. The summed E-state index contributed by atoms with van der Waals surface area (Å²) in [5.41, 5.74) is 4.19. The molecule has 0 atom stereocenters. The average Bonchev–Trinajstić information content (AvgIpc) is 2.75. The second-order valence-electron chi connectivity index (χ2n) is 7.65. The van der Waals surface area contributed by atoms with E-state index in [2.05, 4.69) is 51.6 Å². The van der Waals surface area contributed by atoms with Gasteiger partial charge in [-0.2, -0.15) is 0 Å². The smallest absolute Gasteiger partial charge is 0.313 e. The molecule has 0 unspecified atom stereocenters. The van der Waals surface area contributed by atoms with Crippen molar-refractivity contribution in [3.8, 4) is 0 Å². The molecule has 154 valence electrons. The Bertz CT molecular complexity index is 823. The molecule has 6 nitrogen and oxygen atoms in total. The molecule has 2 aromatic rings. The minimum atomic E-state index is -0.615. The highest BCUT2D eigenvalue weighted by Crippen LogP contribution is 2.23. The Morgan fingerprint density at radius 2 is 1.59 bits per heavy atom. The predicted octanol–water partition coefficient (Wildman–Crippen LogP) is 3.04. The SMILES string of the molecule is CCc1ccc(NC(=O)C(=O)NC2CCN(c3ccc(N(C)C)cc3)CC2)cc1. The van der Waals surface area contributed by atoms with Crippen LogP contribution in [0.2, 0.25) is 0 Å². The van der Waals surface area contributed by atoms with Crippen LogP contribution in [0.15, 0.2) is 48.5 Å². The third-order valence-corrected chi connectivity index (χ3v) is 5.39. The number of carbonyl (C=O) groups excluding carboxylic acids is 2. The van der Waals surface area contributed by atoms with Gasteiger partial charge in [-0.15, -0.1) is 0 Å². The summed E-state index contributed by atoms with van der Waals surface area (Å²) < 4.78 is 0. The van der Waals surface area contributed by atoms with Crippen molar-refractivity contribution in [3.63, 3.8) is 0 Å². The molecule has 0 bridgehead atoms. The van der Waals surface area contributed by atoms with Crippen LogP contribution < -0.4 is 20.4 Å². The van der Waals surface area contributed by atoms with Gasteiger partial charge in [0.15, 0.2) is 0 Å². The van der Waals surface area contributed by atoms with Crippen molar-refractivity contribution < 1.29 is 9.59 Å². The van der Waals surface area contributed by atoms with Crippen LogP contribution in [0.5, 0.6) is 0 Å². The molecule has 2 amide bonds. The van der Waals surface area contributed by atoms with Gasteiger partial charge >= 0.3 is 11.8 Å². The lowest BCUT2D eigenvalue weighted by Gasteiger charge is -2.34. The van der Waals surface area contributed by atoms with E-state index in [1.807, 2.05) is 38.4 Å². The molecule has 3 rings (SSSR count). The quantitative estimate of drug-likeness (QED) is 0.765. The minimum absolute atomic E-state index is 0.0213. The van der Waals surface area contributed by atoms with E-state index in [0.29, 0.717) is 5.69 Å². The number of anilines is 3. The van der Waals surface area contributed by atoms with Crippen LogP contribution in [0, 0.1) is 0 Å². The average molecular weight is 395 g/mol. The maximum Gasteiger partial charge on any atom is 0.313 e. The van der Waals surface area contributed by atoms with Gasteiger partial charge in [0.2, 0.25) is 0 Å². The zero-order chi connectivity index (χ0) is 20.8. The minimum Gasteiger partial charge on any atom is -0.378 e. The van der Waals surface area contributed by atoms with Gasteiger partial charge in [-0.1, -0.05) is 19.1 Å². The Hall–Kier alpha value is -3.02. The summed E-state index contributed by atoms with van der Waals surface area (Å²) in [5.74, 6) is -1.19. The summed E-state index contributed by atoms with van der Waals surface area (Å²) in [6, 6.07) is 16.1. The van der Waals surface area contributed by atoms with Gasteiger partial charge in [0.25, 0.3) is 0 Å². The van der Waals surface area contributed by atoms with Crippen molar-refractivity contribution in [1.29, 1.82) is 0 Å². The van der Waals surface area contributed by atoms with Crippen LogP contribution in [-0.4, -0.2) is 45.0 Å². The van der Waals surface area contributed by atoms with Gasteiger partial charge in [0.05, 0.1) is 0 Å². The van der Waals surface area contributed by atoms with E-state index >= 15 is 0 Å². The van der Waals surface area contributed by atoms with Gasteiger partial charge < -0.3 is 20.4 Å². The van der Waals surface area contributed by atoms with E-state index < -0.39 is 11.8 Å². The zero-order valence-electron chi connectivity index (χ0n) is 17.4. The standard InChI is InChI=1S/C23H30N4O2/c1-4-17-5-7-18(8-6-17)24-22(28)23(29)25-19-13-15-27(16-14-19)21-11-9-20(10-12-21)26(2)3/h5-12,19H,4,13-16H2,1-3H3,(H,24,28)(H,25,29). The maximum atomic E-state index is 12.3. The number of rotatable bonds is 5. The zero-order valence-corrected chi connectivity index (χ0v) is 17.4. The molecule has 0 aromatic heterocycles. The first-order chi connectivity index (χ1) is 14.0. The Morgan fingerprint density at radius 3 is 2.14 bits per heavy atom. The van der Waals surface area contributed by atoms with Crippen molar-refractivity contribution in [1.82, 2.24) is 5.32 Å². The summed E-state index contributed by atoms with van der Waals surface area (Å²) >= 11 is 0. The molecule has 0 spiro atoms. The lowest BCUT2D eigenvalue weighted by atomic mass is 10.0. The highest BCUT2D eigenvalue weighted by Gasteiger charge is 2.23. The van der Waals surface area contributed by atoms with E-state index in [1.165, 1.54) is 16.9 Å². The van der Waals surface area contributed by atoms with Crippen molar-refractivity contribution in [2.45, 2.75) is 32.2 Å². The van der Waals surface area contributed by atoms with Crippen molar-refractivity contribution >= 4 is 28.9 Å². The highest BCUT2D eigenvalue weighted by molar-refractivity contribution is 6.39. The molecule has 29 heavy (non-hydrogen) atoms. The monoisotopic (exact) mass is 394 g/mol. The fourth-order valence-electron chi connectivity index (χ4n) is 3.51. The Morgan fingerprint density at radius 1 is 0.966 bits per heavy atom. The molecule has 2 N–H and O–H groups in total. The van der Waals surface area contributed by atoms with Crippen LogP contribution in [0.25, 0.3) is 0 Å². The topological polar surface area (TPSA) is 64.7 Å². The van der Waals surface area contributed by atoms with E-state index in [1.54, 1.807) is 0 Å². The Labute approximate surface area is 172 Å². The third kappa shape index (κ3) is 5.50. The Kier molecular flexibility index (Phi) is 6.75. The number of hydrogen-bond donors (Lipinski definition) is 2. The largest absolute Gasteiger partial charge is 0.378 e. The summed E-state index contributed by atoms with van der Waals surface area (Å²) in [7, 11) is 4.05. The van der Waals surface area contributed by atoms with Gasteiger partial charge in [-0.25, -0.2) is 0 Å². The van der Waals surface area contributed by atoms with E-state index in [-0.39, 0.29) is 6.04 Å². The number of nitrogens with zero attached hydrogens (tertiary/aromatic N) is 2. The number of benzene rings is 2. The van der Waals surface area contributed by atoms with E-state index in [4.69, 9.17) is 0 Å². The molecular weight excluding hydrogens is 364 g/mol. The molecule has 1 fully saturated rings. The summed E-state index contributed by atoms with van der Waals surface area (Å²) in [4.78, 5) is 28.8. The number of piperidine rings is 1. The number of carbonyl (C=O) groups is 2. The normalized spacial score (nSPS) is 14.4. The van der Waals surface area contributed by atoms with Crippen LogP contribution in [-0.2, 0) is 16.0 Å². The molecule has 0 radical (unpaired) electrons. The first kappa shape index (κ1) is 20.7. The molecule has 1 aliphatic rings. The second-order valence-corrected chi connectivity index (χ2v) is 7.65. The molecule has 0 aliphatic carbocycles. The predicted molar refractivity (Wildman–Crippen MR) is 119 cm³/mol. The molecule has 6 heteroatoms. The lowest BCUT2D eigenvalue weighted by Crippen LogP contribution is -2.47. The van der Waals surface area contributed by atoms with E-state index in [0.717, 1.165) is 32.4 Å². The molecule has 0 saturated carbocycles. The van der Waals surface area contributed by atoms with Crippen molar-refractivity contribution in [2.75, 3.05) is 42.3 Å². The fourth-order valence-corrected chi connectivity index (χ4v) is 3.51. The fraction of sp³-hybridized carbons (Fsp3) is 0.391. The first-order valence-electron chi connectivity index (χ1n) is 10.2.